The molecule has 2 aromatic heterocycles. The van der Waals surface area contributed by atoms with Gasteiger partial charge in [-0.2, -0.15) is 0 Å². The number of piperidine rings is 1. The molecule has 0 unspecified atom stereocenters. The van der Waals surface area contributed by atoms with E-state index >= 15 is 0 Å². The van der Waals surface area contributed by atoms with Gasteiger partial charge in [-0.25, -0.2) is 9.37 Å². The molecule has 38 heavy (non-hydrogen) atoms. The molecule has 1 aliphatic rings. The third kappa shape index (κ3) is 5.04. The second-order valence-corrected chi connectivity index (χ2v) is 9.39. The Morgan fingerprint density at radius 1 is 0.974 bits per heavy atom. The maximum absolute atomic E-state index is 13.5. The summed E-state index contributed by atoms with van der Waals surface area (Å²) in [6.45, 7) is 3.10. The summed E-state index contributed by atoms with van der Waals surface area (Å²) in [6.07, 6.45) is 4.53. The molecule has 8 nitrogen and oxygen atoms in total. The van der Waals surface area contributed by atoms with E-state index in [2.05, 4.69) is 10.3 Å². The maximum atomic E-state index is 13.5. The predicted molar refractivity (Wildman–Crippen MR) is 142 cm³/mol. The molecule has 1 saturated heterocycles. The Hall–Kier alpha value is -4.40. The minimum Gasteiger partial charge on any atom is -0.496 e. The largest absolute Gasteiger partial charge is 0.496 e. The number of fused-ring (bicyclic) bond motifs is 1. The first-order valence-electron chi connectivity index (χ1n) is 12.4. The van der Waals surface area contributed by atoms with E-state index in [-0.39, 0.29) is 17.6 Å². The van der Waals surface area contributed by atoms with Gasteiger partial charge in [0.1, 0.15) is 28.7 Å². The minimum absolute atomic E-state index is 0.144. The van der Waals surface area contributed by atoms with E-state index in [9.17, 15) is 14.0 Å². The Morgan fingerprint density at radius 3 is 2.26 bits per heavy atom. The normalized spacial score (nSPS) is 13.9. The lowest BCUT2D eigenvalue weighted by Crippen LogP contribution is -2.38. The third-order valence-corrected chi connectivity index (χ3v) is 7.07. The summed E-state index contributed by atoms with van der Waals surface area (Å²) in [7, 11) is 3.12. The van der Waals surface area contributed by atoms with Crippen molar-refractivity contribution < 1.29 is 23.5 Å². The zero-order valence-corrected chi connectivity index (χ0v) is 21.5. The van der Waals surface area contributed by atoms with E-state index in [0.29, 0.717) is 53.1 Å². The first-order valence-corrected chi connectivity index (χ1v) is 12.4. The molecule has 3 heterocycles. The number of carbonyl (C=O) groups excluding carboxylic acids is 2. The summed E-state index contributed by atoms with van der Waals surface area (Å²) >= 11 is 0. The van der Waals surface area contributed by atoms with E-state index < -0.39 is 0 Å². The van der Waals surface area contributed by atoms with Gasteiger partial charge >= 0.3 is 0 Å². The lowest BCUT2D eigenvalue weighted by molar-refractivity contribution is 0.0707. The fraction of sp³-hybridized carbons (Fsp3) is 0.276. The number of pyridine rings is 1. The lowest BCUT2D eigenvalue weighted by atomic mass is 9.89. The zero-order chi connectivity index (χ0) is 26.8. The van der Waals surface area contributed by atoms with E-state index in [1.54, 1.807) is 43.5 Å². The number of methoxy groups -OCH3 is 2. The molecule has 196 valence electrons. The maximum Gasteiger partial charge on any atom is 0.274 e. The molecule has 4 aromatic rings. The summed E-state index contributed by atoms with van der Waals surface area (Å²) in [6, 6.07) is 14.1. The molecule has 2 amide bonds. The second kappa shape index (κ2) is 10.5. The highest BCUT2D eigenvalue weighted by Gasteiger charge is 2.26. The fourth-order valence-corrected chi connectivity index (χ4v) is 4.90. The highest BCUT2D eigenvalue weighted by molar-refractivity contribution is 6.05. The van der Waals surface area contributed by atoms with Gasteiger partial charge in [0, 0.05) is 42.3 Å². The molecule has 9 heteroatoms. The molecule has 1 fully saturated rings. The van der Waals surface area contributed by atoms with Gasteiger partial charge < -0.3 is 24.1 Å². The van der Waals surface area contributed by atoms with Crippen molar-refractivity contribution in [3.05, 3.63) is 89.1 Å². The Balaban J connectivity index is 1.20. The van der Waals surface area contributed by atoms with Gasteiger partial charge in [-0.15, -0.1) is 0 Å². The van der Waals surface area contributed by atoms with Crippen molar-refractivity contribution in [1.29, 1.82) is 0 Å². The molecule has 0 saturated carbocycles. The Morgan fingerprint density at radius 2 is 1.63 bits per heavy atom. The van der Waals surface area contributed by atoms with E-state index in [4.69, 9.17) is 9.47 Å². The number of anilines is 1. The number of rotatable bonds is 6. The van der Waals surface area contributed by atoms with E-state index in [1.807, 2.05) is 31.2 Å². The van der Waals surface area contributed by atoms with Crippen LogP contribution in [0.3, 0.4) is 0 Å². The van der Waals surface area contributed by atoms with Gasteiger partial charge in [0.2, 0.25) is 0 Å². The molecule has 2 aromatic carbocycles. The molecule has 0 bridgehead atoms. The molecule has 1 aliphatic heterocycles. The average Bonchev–Trinajstić information content (AvgIpc) is 3.36. The number of imidazole rings is 1. The summed E-state index contributed by atoms with van der Waals surface area (Å²) in [5.41, 5.74) is 3.99. The van der Waals surface area contributed by atoms with Crippen LogP contribution >= 0.6 is 0 Å². The highest BCUT2D eigenvalue weighted by atomic mass is 19.1. The van der Waals surface area contributed by atoms with Crippen LogP contribution in [-0.2, 0) is 0 Å². The number of benzene rings is 2. The van der Waals surface area contributed by atoms with Crippen LogP contribution in [0.25, 0.3) is 5.65 Å². The molecular weight excluding hydrogens is 487 g/mol. The van der Waals surface area contributed by atoms with Crippen LogP contribution in [0, 0.1) is 12.7 Å². The molecule has 0 aliphatic carbocycles. The molecule has 0 atom stereocenters. The second-order valence-electron chi connectivity index (χ2n) is 9.39. The minimum atomic E-state index is -0.379. The zero-order valence-electron chi connectivity index (χ0n) is 21.5. The van der Waals surface area contributed by atoms with E-state index in [0.717, 1.165) is 24.0 Å². The van der Waals surface area contributed by atoms with Crippen molar-refractivity contribution in [1.82, 2.24) is 14.3 Å². The number of nitrogens with one attached hydrogen (secondary N) is 1. The lowest BCUT2D eigenvalue weighted by Gasteiger charge is -2.32. The average molecular weight is 517 g/mol. The van der Waals surface area contributed by atoms with Crippen molar-refractivity contribution >= 4 is 23.1 Å². The number of ether oxygens (including phenoxy) is 2. The predicted octanol–water partition coefficient (Wildman–Crippen LogP) is 5.07. The number of hydrogen-bond donors (Lipinski definition) is 1. The van der Waals surface area contributed by atoms with Crippen molar-refractivity contribution in [2.24, 2.45) is 0 Å². The van der Waals surface area contributed by atoms with Crippen molar-refractivity contribution in [2.75, 3.05) is 32.6 Å². The van der Waals surface area contributed by atoms with Crippen molar-refractivity contribution in [3.63, 3.8) is 0 Å². The standard InChI is InChI=1S/C29H29FN4O4/c1-18-25(37-2)14-21(15-26(18)38-3)28(35)31-23-7-4-19(5-8-23)20-10-12-33(13-11-20)29(36)24-17-34-16-22(30)6-9-27(34)32-24/h4-9,14-17,20H,10-13H2,1-3H3,(H,31,35). The SMILES string of the molecule is COc1cc(C(=O)Nc2ccc(C3CCN(C(=O)c4cn5cc(F)ccc5n4)CC3)cc2)cc(OC)c1C. The van der Waals surface area contributed by atoms with Crippen LogP contribution < -0.4 is 14.8 Å². The number of carbonyl (C=O) groups is 2. The summed E-state index contributed by atoms with van der Waals surface area (Å²) in [4.78, 5) is 32.0. The van der Waals surface area contributed by atoms with Crippen molar-refractivity contribution in [2.45, 2.75) is 25.7 Å². The van der Waals surface area contributed by atoms with Crippen LogP contribution in [0.2, 0.25) is 0 Å². The van der Waals surface area contributed by atoms with Crippen LogP contribution in [0.5, 0.6) is 11.5 Å². The molecule has 0 radical (unpaired) electrons. The summed E-state index contributed by atoms with van der Waals surface area (Å²) < 4.78 is 25.7. The number of nitrogens with zero attached hydrogens (tertiary/aromatic N) is 3. The molecule has 0 spiro atoms. The number of likely N-dealkylation sites (tertiary alicyclic amines) is 1. The Bertz CT molecular complexity index is 1470. The molecule has 1 N–H and O–H groups in total. The number of amides is 2. The molecule has 5 rings (SSSR count). The summed E-state index contributed by atoms with van der Waals surface area (Å²) in [5.74, 6) is 0.709. The monoisotopic (exact) mass is 516 g/mol. The number of aromatic nitrogens is 2. The summed E-state index contributed by atoms with van der Waals surface area (Å²) in [5, 5.41) is 2.93. The van der Waals surface area contributed by atoms with Gasteiger partial charge in [0.15, 0.2) is 0 Å². The Kier molecular flexibility index (Phi) is 7.00. The highest BCUT2D eigenvalue weighted by Crippen LogP contribution is 2.31. The first kappa shape index (κ1) is 25.3. The molecular formula is C29H29FN4O4. The van der Waals surface area contributed by atoms with E-state index in [1.165, 1.54) is 16.7 Å². The van der Waals surface area contributed by atoms with Crippen LogP contribution in [0.15, 0.2) is 60.9 Å². The number of hydrogen-bond acceptors (Lipinski definition) is 5. The first-order chi connectivity index (χ1) is 18.4. The quantitative estimate of drug-likeness (QED) is 0.387. The fourth-order valence-electron chi connectivity index (χ4n) is 4.90. The van der Waals surface area contributed by atoms with Gasteiger partial charge in [0.25, 0.3) is 11.8 Å². The topological polar surface area (TPSA) is 85.2 Å². The van der Waals surface area contributed by atoms with Gasteiger partial charge in [0.05, 0.1) is 14.2 Å². The van der Waals surface area contributed by atoms with Crippen LogP contribution in [-0.4, -0.2) is 53.4 Å². The van der Waals surface area contributed by atoms with Gasteiger partial charge in [-0.1, -0.05) is 12.1 Å². The van der Waals surface area contributed by atoms with Crippen molar-refractivity contribution in [3.8, 4) is 11.5 Å². The third-order valence-electron chi connectivity index (χ3n) is 7.07. The Labute approximate surface area is 220 Å². The van der Waals surface area contributed by atoms with Crippen LogP contribution in [0.4, 0.5) is 10.1 Å². The van der Waals surface area contributed by atoms with Crippen LogP contribution in [0.1, 0.15) is 50.7 Å². The smallest absolute Gasteiger partial charge is 0.274 e. The van der Waals surface area contributed by atoms with Gasteiger partial charge in [-0.05, 0) is 67.6 Å². The van der Waals surface area contributed by atoms with Gasteiger partial charge in [-0.3, -0.25) is 9.59 Å². The number of halogens is 1.